The molecule has 2 aromatic carbocycles. The van der Waals surface area contributed by atoms with Crippen molar-refractivity contribution in [1.82, 2.24) is 9.80 Å². The Morgan fingerprint density at radius 2 is 1.93 bits per heavy atom. The van der Waals surface area contributed by atoms with Crippen molar-refractivity contribution in [3.8, 4) is 34.8 Å². The number of aromatic hydroxyl groups is 1. The van der Waals surface area contributed by atoms with Gasteiger partial charge in [0, 0.05) is 41.7 Å². The van der Waals surface area contributed by atoms with E-state index in [9.17, 15) is 24.8 Å². The Morgan fingerprint density at radius 3 is 2.62 bits per heavy atom. The van der Waals surface area contributed by atoms with Crippen molar-refractivity contribution >= 4 is 29.5 Å². The third-order valence-corrected chi connectivity index (χ3v) is 10.6. The van der Waals surface area contributed by atoms with Crippen LogP contribution in [0.1, 0.15) is 53.0 Å². The summed E-state index contributed by atoms with van der Waals surface area (Å²) in [5, 5.41) is 21.8. The standard InChI is InChI=1S/C32H35N3O9S/c1-14-7-18-8-20-21(10-33)35-15(2)11-41-32(39)22(37)12-45-31(26(35)25(34(20)5)24(18)27(38)28(14)40-6)19-9-23-30(43-13-42-23)16(3)29(19)44-17(4)36/h7,9,15,20-21,25-26,31,38H,8,11-13H2,1-6H3/t15-,20+,21+,25-,26?,31+/m1/s1. The molecule has 0 radical (unpaired) electrons. The molecule has 1 unspecified atom stereocenters. The highest BCUT2D eigenvalue weighted by molar-refractivity contribution is 8.00. The number of carbonyl (C=O) groups excluding carboxylic acids is 3. The first-order valence-corrected chi connectivity index (χ1v) is 15.7. The first-order chi connectivity index (χ1) is 21.5. The summed E-state index contributed by atoms with van der Waals surface area (Å²) in [6.45, 7) is 6.65. The molecule has 0 amide bonds. The van der Waals surface area contributed by atoms with Crippen LogP contribution < -0.4 is 18.9 Å². The number of hydrogen-bond donors (Lipinski definition) is 1. The zero-order valence-corrected chi connectivity index (χ0v) is 26.7. The van der Waals surface area contributed by atoms with E-state index in [2.05, 4.69) is 11.0 Å². The number of hydrogen-bond acceptors (Lipinski definition) is 13. The van der Waals surface area contributed by atoms with Gasteiger partial charge >= 0.3 is 11.9 Å². The number of esters is 2. The van der Waals surface area contributed by atoms with Crippen LogP contribution in [0.4, 0.5) is 0 Å². The molecule has 2 saturated heterocycles. The van der Waals surface area contributed by atoms with Crippen LogP contribution in [-0.2, 0) is 25.5 Å². The number of nitriles is 1. The number of ketones is 1. The molecular formula is C32H35N3O9S. The third kappa shape index (κ3) is 4.95. The summed E-state index contributed by atoms with van der Waals surface area (Å²) in [7, 11) is 3.44. The van der Waals surface area contributed by atoms with Gasteiger partial charge < -0.3 is 28.8 Å². The van der Waals surface area contributed by atoms with Gasteiger partial charge in [0.15, 0.2) is 23.0 Å². The molecule has 0 aliphatic carbocycles. The second-order valence-electron chi connectivity index (χ2n) is 11.9. The number of cyclic esters (lactones) is 1. The minimum absolute atomic E-state index is 0.0104. The lowest BCUT2D eigenvalue weighted by molar-refractivity contribution is -0.155. The first kappa shape index (κ1) is 31.0. The van der Waals surface area contributed by atoms with Crippen LogP contribution in [0.2, 0.25) is 0 Å². The predicted molar refractivity (Wildman–Crippen MR) is 162 cm³/mol. The van der Waals surface area contributed by atoms with Gasteiger partial charge in [-0.3, -0.25) is 19.4 Å². The Morgan fingerprint density at radius 1 is 1.18 bits per heavy atom. The van der Waals surface area contributed by atoms with Gasteiger partial charge in [0.25, 0.3) is 0 Å². The van der Waals surface area contributed by atoms with Crippen LogP contribution in [0.5, 0.6) is 28.7 Å². The molecule has 4 aliphatic heterocycles. The molecule has 45 heavy (non-hydrogen) atoms. The number of phenolic OH excluding ortho intramolecular Hbond substituents is 1. The van der Waals surface area contributed by atoms with Crippen molar-refractivity contribution in [1.29, 1.82) is 5.26 Å². The highest BCUT2D eigenvalue weighted by atomic mass is 32.2. The van der Waals surface area contributed by atoms with E-state index < -0.39 is 47.1 Å². The lowest BCUT2D eigenvalue weighted by Crippen LogP contribution is -2.69. The number of piperazine rings is 1. The van der Waals surface area contributed by atoms with Crippen molar-refractivity contribution in [2.75, 3.05) is 33.3 Å². The lowest BCUT2D eigenvalue weighted by atomic mass is 9.74. The number of rotatable bonds is 3. The average molecular weight is 638 g/mol. The Labute approximate surface area is 265 Å². The Bertz CT molecular complexity index is 1640. The van der Waals surface area contributed by atoms with Gasteiger partial charge in [0.1, 0.15) is 18.4 Å². The van der Waals surface area contributed by atoms with Crippen molar-refractivity contribution in [2.24, 2.45) is 0 Å². The number of likely N-dealkylation sites (N-methyl/N-ethyl adjacent to an activating group) is 1. The highest BCUT2D eigenvalue weighted by Gasteiger charge is 2.56. The fourth-order valence-corrected chi connectivity index (χ4v) is 8.69. The summed E-state index contributed by atoms with van der Waals surface area (Å²) in [5.41, 5.74) is 3.41. The van der Waals surface area contributed by atoms with Gasteiger partial charge in [0.05, 0.1) is 30.2 Å². The van der Waals surface area contributed by atoms with Crippen LogP contribution >= 0.6 is 11.8 Å². The minimum Gasteiger partial charge on any atom is -0.504 e. The van der Waals surface area contributed by atoms with Crippen LogP contribution in [0.3, 0.4) is 0 Å². The van der Waals surface area contributed by atoms with E-state index in [1.54, 1.807) is 13.0 Å². The Balaban J connectivity index is 1.66. The molecule has 6 atom stereocenters. The fraction of sp³-hybridized carbons (Fsp3) is 0.500. The second kappa shape index (κ2) is 11.7. The largest absolute Gasteiger partial charge is 0.504 e. The molecule has 2 fully saturated rings. The highest BCUT2D eigenvalue weighted by Crippen LogP contribution is 2.57. The number of fused-ring (bicyclic) bond motifs is 7. The number of nitrogens with zero attached hydrogens (tertiary/aromatic N) is 3. The lowest BCUT2D eigenvalue weighted by Gasteiger charge is -2.59. The van der Waals surface area contributed by atoms with E-state index in [1.807, 2.05) is 31.9 Å². The second-order valence-corrected chi connectivity index (χ2v) is 13.0. The van der Waals surface area contributed by atoms with Crippen LogP contribution in [0.25, 0.3) is 0 Å². The molecule has 12 nitrogen and oxygen atoms in total. The molecule has 0 spiro atoms. The molecule has 2 bridgehead atoms. The number of methoxy groups -OCH3 is 1. The van der Waals surface area contributed by atoms with Gasteiger partial charge in [-0.1, -0.05) is 6.07 Å². The first-order valence-electron chi connectivity index (χ1n) is 14.7. The summed E-state index contributed by atoms with van der Waals surface area (Å²) in [6.07, 6.45) is 0.493. The van der Waals surface area contributed by atoms with Gasteiger partial charge in [-0.05, 0) is 51.4 Å². The van der Waals surface area contributed by atoms with E-state index in [4.69, 9.17) is 23.7 Å². The number of ether oxygens (including phenoxy) is 5. The summed E-state index contributed by atoms with van der Waals surface area (Å²) < 4.78 is 28.4. The summed E-state index contributed by atoms with van der Waals surface area (Å²) in [4.78, 5) is 42.3. The maximum Gasteiger partial charge on any atom is 0.375 e. The van der Waals surface area contributed by atoms with E-state index in [0.29, 0.717) is 40.4 Å². The molecule has 4 aliphatic rings. The summed E-state index contributed by atoms with van der Waals surface area (Å²) in [6, 6.07) is 3.72. The predicted octanol–water partition coefficient (Wildman–Crippen LogP) is 3.13. The molecule has 0 saturated carbocycles. The molecular weight excluding hydrogens is 602 g/mol. The molecule has 238 valence electrons. The quantitative estimate of drug-likeness (QED) is 0.299. The zero-order chi connectivity index (χ0) is 32.3. The normalized spacial score (nSPS) is 27.9. The maximum absolute atomic E-state index is 13.0. The van der Waals surface area contributed by atoms with Crippen molar-refractivity contribution in [2.45, 2.75) is 69.6 Å². The molecule has 6 rings (SSSR count). The van der Waals surface area contributed by atoms with Crippen molar-refractivity contribution in [3.05, 3.63) is 39.9 Å². The van der Waals surface area contributed by atoms with E-state index in [1.165, 1.54) is 25.8 Å². The Kier molecular flexibility index (Phi) is 8.09. The maximum atomic E-state index is 13.0. The molecule has 4 heterocycles. The van der Waals surface area contributed by atoms with Crippen LogP contribution in [0.15, 0.2) is 12.1 Å². The summed E-state index contributed by atoms with van der Waals surface area (Å²) in [5.74, 6) is -0.923. The van der Waals surface area contributed by atoms with Gasteiger partial charge in [-0.25, -0.2) is 4.79 Å². The van der Waals surface area contributed by atoms with Gasteiger partial charge in [0.2, 0.25) is 12.6 Å². The van der Waals surface area contributed by atoms with E-state index >= 15 is 0 Å². The van der Waals surface area contributed by atoms with Crippen molar-refractivity contribution < 1.29 is 43.2 Å². The zero-order valence-electron chi connectivity index (χ0n) is 25.9. The number of thioether (sulfide) groups is 1. The number of benzene rings is 2. The Hall–Kier alpha value is -3.99. The van der Waals surface area contributed by atoms with E-state index in [-0.39, 0.29) is 36.7 Å². The summed E-state index contributed by atoms with van der Waals surface area (Å²) >= 11 is 1.19. The van der Waals surface area contributed by atoms with E-state index in [0.717, 1.165) is 11.1 Å². The topological polar surface area (TPSA) is 148 Å². The minimum atomic E-state index is -0.945. The van der Waals surface area contributed by atoms with Gasteiger partial charge in [-0.2, -0.15) is 5.26 Å². The smallest absolute Gasteiger partial charge is 0.375 e. The number of carbonyl (C=O) groups is 3. The van der Waals surface area contributed by atoms with Gasteiger partial charge in [-0.15, -0.1) is 11.8 Å². The number of aryl methyl sites for hydroxylation is 1. The monoisotopic (exact) mass is 637 g/mol. The van der Waals surface area contributed by atoms with Crippen molar-refractivity contribution in [3.63, 3.8) is 0 Å². The fourth-order valence-electron chi connectivity index (χ4n) is 7.40. The average Bonchev–Trinajstić information content (AvgIpc) is 3.47. The third-order valence-electron chi connectivity index (χ3n) is 9.26. The molecule has 0 aromatic heterocycles. The van der Waals surface area contributed by atoms with Crippen LogP contribution in [-0.4, -0.2) is 90.1 Å². The molecule has 13 heteroatoms. The SMILES string of the molecule is COc1c(C)cc2c(c1O)[C@@H]1C3[C@H](c4cc5c(c(C)c4OC(C)=O)OCO5)SCC(=O)C(=O)OC[C@@H](C)N3[C@@H](C#N)[C@H](C2)N1C. The molecule has 2 aromatic rings. The molecule has 1 N–H and O–H groups in total. The number of Topliss-reactive ketones (excluding diaryl/α,β-unsaturated/α-hetero) is 1. The van der Waals surface area contributed by atoms with Crippen LogP contribution in [0, 0.1) is 25.2 Å². The number of phenols is 1.